The Hall–Kier alpha value is 0.217. The zero-order valence-corrected chi connectivity index (χ0v) is 17.0. The summed E-state index contributed by atoms with van der Waals surface area (Å²) in [5.74, 6) is 3.32. The molecule has 0 aromatic carbocycles. The van der Waals surface area contributed by atoms with Crippen molar-refractivity contribution in [3.8, 4) is 0 Å². The molecule has 0 atom stereocenters. The molecule has 0 aromatic heterocycles. The van der Waals surface area contributed by atoms with E-state index >= 15 is 0 Å². The minimum atomic E-state index is -0.0324. The largest absolute Gasteiger partial charge is 0.0713 e. The van der Waals surface area contributed by atoms with Gasteiger partial charge in [-0.25, -0.2) is 0 Å². The minimum Gasteiger partial charge on any atom is -0.0713 e. The zero-order chi connectivity index (χ0) is 16.1. The quantitative estimate of drug-likeness (QED) is 0.424. The second kappa shape index (κ2) is 8.54. The second-order valence-corrected chi connectivity index (χ2v) is 12.4. The smallest absolute Gasteiger partial charge is 0.0412 e. The van der Waals surface area contributed by atoms with Gasteiger partial charge in [-0.3, -0.25) is 0 Å². The van der Waals surface area contributed by atoms with Crippen LogP contribution in [0.15, 0.2) is 0 Å². The third kappa shape index (κ3) is 4.07. The Morgan fingerprint density at radius 1 is 0.652 bits per heavy atom. The first-order valence-electron chi connectivity index (χ1n) is 11.0. The maximum atomic E-state index is 2.53. The van der Waals surface area contributed by atoms with E-state index in [1.165, 1.54) is 6.42 Å². The first kappa shape index (κ1) is 18.0. The van der Waals surface area contributed by atoms with Gasteiger partial charge in [-0.05, 0) is 68.1 Å². The lowest BCUT2D eigenvalue weighted by atomic mass is 9.53. The van der Waals surface area contributed by atoms with Crippen molar-refractivity contribution in [2.45, 2.75) is 115 Å². The van der Waals surface area contributed by atoms with Crippen molar-refractivity contribution in [2.24, 2.45) is 23.2 Å². The lowest BCUT2D eigenvalue weighted by molar-refractivity contribution is -0.0240. The highest BCUT2D eigenvalue weighted by atomic mass is 28.3. The van der Waals surface area contributed by atoms with Gasteiger partial charge in [0.1, 0.15) is 0 Å². The Morgan fingerprint density at radius 2 is 1.04 bits per heavy atom. The standard InChI is InChI=1S/C22H41Si/c1-23(2)18-10-17-22(20-13-6-7-14-20,21-15-8-9-16-21)19-11-4-3-5-12-19/h19-21H,3-18H2,1-2H3. The molecule has 3 saturated carbocycles. The SMILES string of the molecule is C[Si](C)CCCC(C1CCCCC1)(C1CCCC1)C1CCCC1. The van der Waals surface area contributed by atoms with E-state index in [2.05, 4.69) is 13.1 Å². The first-order chi connectivity index (χ1) is 11.2. The predicted molar refractivity (Wildman–Crippen MR) is 104 cm³/mol. The Bertz CT molecular complexity index is 314. The lowest BCUT2D eigenvalue weighted by Gasteiger charge is -2.52. The van der Waals surface area contributed by atoms with E-state index in [9.17, 15) is 0 Å². The van der Waals surface area contributed by atoms with Crippen LogP contribution in [0.2, 0.25) is 19.1 Å². The summed E-state index contributed by atoms with van der Waals surface area (Å²) in [6.45, 7) is 5.05. The van der Waals surface area contributed by atoms with Crippen LogP contribution in [-0.2, 0) is 0 Å². The molecule has 1 radical (unpaired) electrons. The lowest BCUT2D eigenvalue weighted by Crippen LogP contribution is -2.44. The number of hydrogen-bond acceptors (Lipinski definition) is 0. The summed E-state index contributed by atoms with van der Waals surface area (Å²) >= 11 is 0. The van der Waals surface area contributed by atoms with Gasteiger partial charge in [0.05, 0.1) is 0 Å². The summed E-state index contributed by atoms with van der Waals surface area (Å²) in [5.41, 5.74) is 0.782. The van der Waals surface area contributed by atoms with Gasteiger partial charge in [0.25, 0.3) is 0 Å². The topological polar surface area (TPSA) is 0 Å². The molecule has 133 valence electrons. The fourth-order valence-corrected chi connectivity index (χ4v) is 7.81. The van der Waals surface area contributed by atoms with Crippen molar-refractivity contribution in [2.75, 3.05) is 0 Å². The van der Waals surface area contributed by atoms with Crippen molar-refractivity contribution in [1.82, 2.24) is 0 Å². The minimum absolute atomic E-state index is 0.0324. The fraction of sp³-hybridized carbons (Fsp3) is 1.00. The molecule has 3 fully saturated rings. The molecule has 0 aliphatic heterocycles. The molecule has 0 bridgehead atoms. The van der Waals surface area contributed by atoms with Crippen LogP contribution in [0.4, 0.5) is 0 Å². The van der Waals surface area contributed by atoms with Crippen LogP contribution in [0.1, 0.15) is 96.3 Å². The van der Waals surface area contributed by atoms with Gasteiger partial charge in [0.2, 0.25) is 0 Å². The molecule has 0 heterocycles. The summed E-state index contributed by atoms with van der Waals surface area (Å²) in [5, 5.41) is 0. The monoisotopic (exact) mass is 333 g/mol. The van der Waals surface area contributed by atoms with Crippen LogP contribution in [0, 0.1) is 23.2 Å². The summed E-state index contributed by atoms with van der Waals surface area (Å²) in [6, 6.07) is 1.57. The Morgan fingerprint density at radius 3 is 1.43 bits per heavy atom. The summed E-state index contributed by atoms with van der Waals surface area (Å²) < 4.78 is 0. The molecule has 0 spiro atoms. The van der Waals surface area contributed by atoms with E-state index in [1.807, 2.05) is 0 Å². The molecule has 0 saturated heterocycles. The van der Waals surface area contributed by atoms with E-state index < -0.39 is 0 Å². The van der Waals surface area contributed by atoms with Gasteiger partial charge in [-0.2, -0.15) is 0 Å². The van der Waals surface area contributed by atoms with Gasteiger partial charge in [0.15, 0.2) is 0 Å². The summed E-state index contributed by atoms with van der Waals surface area (Å²) in [4.78, 5) is 0. The Labute approximate surface area is 147 Å². The van der Waals surface area contributed by atoms with Crippen molar-refractivity contribution in [3.63, 3.8) is 0 Å². The van der Waals surface area contributed by atoms with Crippen molar-refractivity contribution < 1.29 is 0 Å². The van der Waals surface area contributed by atoms with Gasteiger partial charge >= 0.3 is 0 Å². The van der Waals surface area contributed by atoms with Gasteiger partial charge < -0.3 is 0 Å². The number of hydrogen-bond donors (Lipinski definition) is 0. The van der Waals surface area contributed by atoms with E-state index in [0.717, 1.165) is 23.2 Å². The van der Waals surface area contributed by atoms with Crippen molar-refractivity contribution >= 4 is 8.80 Å². The van der Waals surface area contributed by atoms with Crippen LogP contribution in [0.25, 0.3) is 0 Å². The molecular weight excluding hydrogens is 292 g/mol. The molecule has 0 N–H and O–H groups in total. The molecule has 0 amide bonds. The summed E-state index contributed by atoms with van der Waals surface area (Å²) in [7, 11) is -0.0324. The van der Waals surface area contributed by atoms with E-state index in [-0.39, 0.29) is 8.80 Å². The van der Waals surface area contributed by atoms with Crippen molar-refractivity contribution in [3.05, 3.63) is 0 Å². The van der Waals surface area contributed by atoms with E-state index in [4.69, 9.17) is 0 Å². The number of rotatable bonds is 7. The Kier molecular flexibility index (Phi) is 6.69. The van der Waals surface area contributed by atoms with Gasteiger partial charge in [-0.1, -0.05) is 70.5 Å². The van der Waals surface area contributed by atoms with E-state index in [0.29, 0.717) is 0 Å². The molecular formula is C22H41Si. The molecule has 3 aliphatic carbocycles. The van der Waals surface area contributed by atoms with Crippen LogP contribution < -0.4 is 0 Å². The third-order valence-corrected chi connectivity index (χ3v) is 9.24. The molecule has 3 rings (SSSR count). The van der Waals surface area contributed by atoms with Gasteiger partial charge in [0, 0.05) is 8.80 Å². The first-order valence-corrected chi connectivity index (χ1v) is 13.7. The van der Waals surface area contributed by atoms with Crippen molar-refractivity contribution in [1.29, 1.82) is 0 Å². The zero-order valence-electron chi connectivity index (χ0n) is 16.0. The van der Waals surface area contributed by atoms with Gasteiger partial charge in [-0.15, -0.1) is 0 Å². The fourth-order valence-electron chi connectivity index (χ4n) is 6.93. The molecule has 3 aliphatic rings. The average Bonchev–Trinajstić information content (AvgIpc) is 3.26. The van der Waals surface area contributed by atoms with Crippen LogP contribution in [0.5, 0.6) is 0 Å². The second-order valence-electron chi connectivity index (χ2n) is 9.47. The maximum absolute atomic E-state index is 2.53. The highest BCUT2D eigenvalue weighted by molar-refractivity contribution is 6.55. The third-order valence-electron chi connectivity index (χ3n) is 7.88. The highest BCUT2D eigenvalue weighted by Crippen LogP contribution is 2.60. The molecule has 0 aromatic rings. The Balaban J connectivity index is 1.82. The maximum Gasteiger partial charge on any atom is 0.0412 e. The van der Waals surface area contributed by atoms with Crippen LogP contribution in [-0.4, -0.2) is 8.80 Å². The summed E-state index contributed by atoms with van der Waals surface area (Å²) in [6.07, 6.45) is 23.5. The molecule has 23 heavy (non-hydrogen) atoms. The predicted octanol–water partition coefficient (Wildman–Crippen LogP) is 7.47. The average molecular weight is 334 g/mol. The van der Waals surface area contributed by atoms with Crippen LogP contribution >= 0.6 is 0 Å². The highest BCUT2D eigenvalue weighted by Gasteiger charge is 2.50. The molecule has 0 nitrogen and oxygen atoms in total. The molecule has 0 unspecified atom stereocenters. The normalized spacial score (nSPS) is 25.7. The van der Waals surface area contributed by atoms with Crippen LogP contribution in [0.3, 0.4) is 0 Å². The van der Waals surface area contributed by atoms with E-state index in [1.54, 1.807) is 95.9 Å². The molecule has 1 heteroatoms.